The Bertz CT molecular complexity index is 623. The van der Waals surface area contributed by atoms with Crippen molar-refractivity contribution >= 4 is 5.95 Å². The van der Waals surface area contributed by atoms with Crippen LogP contribution in [0.2, 0.25) is 0 Å². The minimum Gasteiger partial charge on any atom is -0.379 e. The highest BCUT2D eigenvalue weighted by Crippen LogP contribution is 2.27. The van der Waals surface area contributed by atoms with Gasteiger partial charge in [0.05, 0.1) is 11.9 Å². The molecule has 7 heteroatoms. The van der Waals surface area contributed by atoms with Crippen molar-refractivity contribution in [3.63, 3.8) is 0 Å². The van der Waals surface area contributed by atoms with Gasteiger partial charge in [-0.15, -0.1) is 0 Å². The van der Waals surface area contributed by atoms with Gasteiger partial charge in [0.15, 0.2) is 0 Å². The zero-order chi connectivity index (χ0) is 15.6. The number of hydrogen-bond donors (Lipinski definition) is 2. The average Bonchev–Trinajstić information content (AvgIpc) is 2.56. The monoisotopic (exact) mass is 303 g/mol. The van der Waals surface area contributed by atoms with Crippen LogP contribution >= 0.6 is 0 Å². The number of nitrogens with zero attached hydrogens (tertiary/aromatic N) is 4. The van der Waals surface area contributed by atoms with Gasteiger partial charge in [0.2, 0.25) is 5.95 Å². The van der Waals surface area contributed by atoms with E-state index in [1.165, 1.54) is 12.1 Å². The summed E-state index contributed by atoms with van der Waals surface area (Å²) in [4.78, 5) is 14.7. The first-order valence-electron chi connectivity index (χ1n) is 7.20. The minimum atomic E-state index is -1.37. The van der Waals surface area contributed by atoms with Gasteiger partial charge in [-0.05, 0) is 19.1 Å². The van der Waals surface area contributed by atoms with Crippen molar-refractivity contribution in [2.45, 2.75) is 12.5 Å². The summed E-state index contributed by atoms with van der Waals surface area (Å²) in [6, 6.07) is 2.73. The van der Waals surface area contributed by atoms with E-state index in [1.807, 2.05) is 0 Å². The second-order valence-electron chi connectivity index (χ2n) is 5.44. The molecule has 1 aliphatic rings. The van der Waals surface area contributed by atoms with Crippen molar-refractivity contribution in [2.24, 2.45) is 0 Å². The largest absolute Gasteiger partial charge is 0.379 e. The number of anilines is 1. The first-order valence-corrected chi connectivity index (χ1v) is 7.20. The number of aliphatic hydroxyl groups is 1. The molecular weight excluding hydrogens is 285 g/mol. The van der Waals surface area contributed by atoms with E-state index >= 15 is 0 Å². The second-order valence-corrected chi connectivity index (χ2v) is 5.44. The molecule has 2 aromatic rings. The summed E-state index contributed by atoms with van der Waals surface area (Å²) >= 11 is 0. The molecule has 0 aliphatic carbocycles. The maximum Gasteiger partial charge on any atom is 0.225 e. The van der Waals surface area contributed by atoms with E-state index in [4.69, 9.17) is 0 Å². The van der Waals surface area contributed by atoms with E-state index in [2.05, 4.69) is 25.2 Å². The van der Waals surface area contributed by atoms with Gasteiger partial charge in [0, 0.05) is 44.1 Å². The van der Waals surface area contributed by atoms with Crippen LogP contribution in [0.3, 0.4) is 0 Å². The van der Waals surface area contributed by atoms with Crippen LogP contribution < -0.4 is 10.2 Å². The molecule has 2 N–H and O–H groups in total. The highest BCUT2D eigenvalue weighted by molar-refractivity contribution is 5.34. The molecule has 22 heavy (non-hydrogen) atoms. The Hall–Kier alpha value is -2.12. The molecule has 3 rings (SSSR count). The summed E-state index contributed by atoms with van der Waals surface area (Å²) in [7, 11) is 0. The first kappa shape index (κ1) is 14.8. The first-order chi connectivity index (χ1) is 10.6. The molecule has 116 valence electrons. The summed E-state index contributed by atoms with van der Waals surface area (Å²) < 4.78 is 13.0. The van der Waals surface area contributed by atoms with Crippen LogP contribution in [0.4, 0.5) is 10.3 Å². The predicted molar refractivity (Wildman–Crippen MR) is 80.0 cm³/mol. The summed E-state index contributed by atoms with van der Waals surface area (Å²) in [5.41, 5.74) is -0.492. The number of halogens is 1. The fourth-order valence-corrected chi connectivity index (χ4v) is 2.41. The molecular formula is C15H18FN5O. The highest BCUT2D eigenvalue weighted by atomic mass is 19.1. The van der Waals surface area contributed by atoms with Crippen molar-refractivity contribution in [1.29, 1.82) is 0 Å². The molecule has 0 spiro atoms. The second kappa shape index (κ2) is 5.94. The van der Waals surface area contributed by atoms with Gasteiger partial charge in [-0.25, -0.2) is 14.4 Å². The Kier molecular flexibility index (Phi) is 4.00. The average molecular weight is 303 g/mol. The van der Waals surface area contributed by atoms with Crippen LogP contribution in [0.5, 0.6) is 0 Å². The maximum atomic E-state index is 13.0. The summed E-state index contributed by atoms with van der Waals surface area (Å²) in [6.45, 7) is 5.12. The molecule has 6 nitrogen and oxygen atoms in total. The number of aromatic nitrogens is 3. The molecule has 1 fully saturated rings. The van der Waals surface area contributed by atoms with Crippen LogP contribution in [0.1, 0.15) is 18.2 Å². The van der Waals surface area contributed by atoms with E-state index in [9.17, 15) is 9.50 Å². The van der Waals surface area contributed by atoms with E-state index in [-0.39, 0.29) is 0 Å². The summed E-state index contributed by atoms with van der Waals surface area (Å²) in [5.74, 6) is 0.206. The van der Waals surface area contributed by atoms with Crippen molar-refractivity contribution in [2.75, 3.05) is 31.1 Å². The molecule has 1 saturated heterocycles. The number of piperazine rings is 1. The number of rotatable bonds is 3. The Morgan fingerprint density at radius 1 is 1.14 bits per heavy atom. The highest BCUT2D eigenvalue weighted by Gasteiger charge is 2.28. The van der Waals surface area contributed by atoms with Crippen molar-refractivity contribution in [3.05, 3.63) is 47.8 Å². The van der Waals surface area contributed by atoms with Crippen molar-refractivity contribution in [1.82, 2.24) is 20.3 Å². The summed E-state index contributed by atoms with van der Waals surface area (Å²) in [6.07, 6.45) is 4.27. The lowest BCUT2D eigenvalue weighted by atomic mass is 9.94. The summed E-state index contributed by atoms with van der Waals surface area (Å²) in [5, 5.41) is 13.9. The van der Waals surface area contributed by atoms with E-state index < -0.39 is 11.4 Å². The van der Waals surface area contributed by atoms with Crippen molar-refractivity contribution in [3.8, 4) is 0 Å². The molecule has 1 aliphatic heterocycles. The third-order valence-electron chi connectivity index (χ3n) is 3.83. The fourth-order valence-electron chi connectivity index (χ4n) is 2.41. The third kappa shape index (κ3) is 2.90. The van der Waals surface area contributed by atoms with Crippen LogP contribution in [0.15, 0.2) is 30.7 Å². The Labute approximate surface area is 128 Å². The zero-order valence-corrected chi connectivity index (χ0v) is 12.3. The molecule has 0 aromatic carbocycles. The van der Waals surface area contributed by atoms with Gasteiger partial charge >= 0.3 is 0 Å². The SMILES string of the molecule is C[C@@](O)(c1cnc(N2CCNCC2)nc1)c1ccc(F)cn1. The van der Waals surface area contributed by atoms with Crippen LogP contribution in [0.25, 0.3) is 0 Å². The lowest BCUT2D eigenvalue weighted by Crippen LogP contribution is -2.44. The third-order valence-corrected chi connectivity index (χ3v) is 3.83. The zero-order valence-electron chi connectivity index (χ0n) is 12.3. The Balaban J connectivity index is 1.83. The van der Waals surface area contributed by atoms with Crippen LogP contribution in [-0.2, 0) is 5.60 Å². The van der Waals surface area contributed by atoms with E-state index in [0.717, 1.165) is 32.4 Å². The standard InChI is InChI=1S/C15H18FN5O/c1-15(22,13-3-2-12(16)10-18-13)11-8-19-14(20-9-11)21-6-4-17-5-7-21/h2-3,8-10,17,22H,4-7H2,1H3/t15-/m1/s1. The molecule has 3 heterocycles. The predicted octanol–water partition coefficient (Wildman–Crippen LogP) is 0.676. The topological polar surface area (TPSA) is 74.2 Å². The number of pyridine rings is 1. The van der Waals surface area contributed by atoms with Gasteiger partial charge in [0.1, 0.15) is 11.4 Å². The minimum absolute atomic E-state index is 0.354. The Morgan fingerprint density at radius 3 is 2.41 bits per heavy atom. The molecule has 1 atom stereocenters. The Morgan fingerprint density at radius 2 is 1.82 bits per heavy atom. The normalized spacial score (nSPS) is 18.0. The van der Waals surface area contributed by atoms with Crippen LogP contribution in [0, 0.1) is 5.82 Å². The molecule has 0 unspecified atom stereocenters. The van der Waals surface area contributed by atoms with Crippen molar-refractivity contribution < 1.29 is 9.50 Å². The van der Waals surface area contributed by atoms with Gasteiger partial charge < -0.3 is 15.3 Å². The van der Waals surface area contributed by atoms with Crippen LogP contribution in [-0.4, -0.2) is 46.2 Å². The van der Waals surface area contributed by atoms with Gasteiger partial charge in [-0.3, -0.25) is 4.98 Å². The molecule has 0 radical (unpaired) electrons. The lowest BCUT2D eigenvalue weighted by Gasteiger charge is -2.28. The molecule has 0 bridgehead atoms. The molecule has 2 aromatic heterocycles. The molecule has 0 saturated carbocycles. The van der Waals surface area contributed by atoms with E-state index in [1.54, 1.807) is 19.3 Å². The maximum absolute atomic E-state index is 13.0. The van der Waals surface area contributed by atoms with Gasteiger partial charge in [-0.1, -0.05) is 0 Å². The van der Waals surface area contributed by atoms with Gasteiger partial charge in [-0.2, -0.15) is 0 Å². The number of nitrogens with one attached hydrogen (secondary N) is 1. The van der Waals surface area contributed by atoms with Gasteiger partial charge in [0.25, 0.3) is 0 Å². The quantitative estimate of drug-likeness (QED) is 0.868. The molecule has 0 amide bonds. The number of hydrogen-bond acceptors (Lipinski definition) is 6. The smallest absolute Gasteiger partial charge is 0.225 e. The van der Waals surface area contributed by atoms with E-state index in [0.29, 0.717) is 17.2 Å². The fraction of sp³-hybridized carbons (Fsp3) is 0.400. The lowest BCUT2D eigenvalue weighted by molar-refractivity contribution is 0.0965.